The number of H-pyrrole nitrogens is 1. The molecule has 0 radical (unpaired) electrons. The summed E-state index contributed by atoms with van der Waals surface area (Å²) in [7, 11) is 0. The van der Waals surface area contributed by atoms with Gasteiger partial charge in [-0.1, -0.05) is 74.6 Å². The number of hydrogen-bond donors (Lipinski definition) is 2. The first-order valence-corrected chi connectivity index (χ1v) is 13.1. The van der Waals surface area contributed by atoms with Crippen molar-refractivity contribution in [1.29, 1.82) is 0 Å². The molecule has 0 atom stereocenters. The molecule has 1 aliphatic carbocycles. The molecular formula is C29H38N4O3. The summed E-state index contributed by atoms with van der Waals surface area (Å²) in [5.74, 6) is -0.180. The van der Waals surface area contributed by atoms with Gasteiger partial charge in [0.25, 0.3) is 5.91 Å². The van der Waals surface area contributed by atoms with E-state index in [1.54, 1.807) is 6.07 Å². The van der Waals surface area contributed by atoms with Gasteiger partial charge in [-0.15, -0.1) is 0 Å². The number of carbonyl (C=O) groups excluding carboxylic acids is 1. The maximum absolute atomic E-state index is 13.6. The smallest absolute Gasteiger partial charge is 0.321 e. The third-order valence-corrected chi connectivity index (χ3v) is 7.57. The van der Waals surface area contributed by atoms with Gasteiger partial charge in [0.1, 0.15) is 0 Å². The number of fused-ring (bicyclic) bond motifs is 1. The van der Waals surface area contributed by atoms with E-state index < -0.39 is 11.1 Å². The van der Waals surface area contributed by atoms with Crippen LogP contribution in [0.4, 0.5) is 0 Å². The van der Waals surface area contributed by atoms with Crippen molar-refractivity contribution in [3.8, 4) is 0 Å². The van der Waals surface area contributed by atoms with E-state index in [1.165, 1.54) is 36.7 Å². The lowest BCUT2D eigenvalue weighted by Gasteiger charge is -2.37. The molecule has 0 saturated heterocycles. The van der Waals surface area contributed by atoms with Crippen LogP contribution in [0.15, 0.2) is 69.8 Å². The predicted octanol–water partition coefficient (Wildman–Crippen LogP) is 4.53. The Morgan fingerprint density at radius 2 is 1.64 bits per heavy atom. The summed E-state index contributed by atoms with van der Waals surface area (Å²) in [4.78, 5) is 44.4. The number of rotatable bonds is 5. The second-order valence-electron chi connectivity index (χ2n) is 9.92. The normalized spacial score (nSPS) is 18.1. The lowest BCUT2D eigenvalue weighted by atomic mass is 9.93. The molecule has 1 aromatic heterocycles. The molecule has 2 N–H and O–H groups in total. The summed E-state index contributed by atoms with van der Waals surface area (Å²) in [6, 6.07) is 17.5. The van der Waals surface area contributed by atoms with Gasteiger partial charge in [0, 0.05) is 40.6 Å². The van der Waals surface area contributed by atoms with Gasteiger partial charge in [-0.2, -0.15) is 0 Å². The monoisotopic (exact) mass is 490 g/mol. The van der Waals surface area contributed by atoms with Crippen molar-refractivity contribution < 1.29 is 7.65 Å². The molecule has 2 heterocycles. The summed E-state index contributed by atoms with van der Waals surface area (Å²) in [5, 5.41) is 3.07. The van der Waals surface area contributed by atoms with E-state index in [0.29, 0.717) is 47.9 Å². The number of amides is 1. The molecular weight excluding hydrogens is 452 g/mol. The topological polar surface area (TPSA) is 87.2 Å². The van der Waals surface area contributed by atoms with E-state index in [0.717, 1.165) is 24.9 Å². The first kappa shape index (κ1) is 24.3. The number of hydrogen-bond acceptors (Lipinski definition) is 4. The molecule has 2 aliphatic rings. The molecule has 5 rings (SSSR count). The molecule has 1 fully saturated rings. The highest BCUT2D eigenvalue weighted by atomic mass is 16.2. The third-order valence-electron chi connectivity index (χ3n) is 7.57. The van der Waals surface area contributed by atoms with E-state index in [1.807, 2.05) is 48.5 Å². The first-order valence-electron chi connectivity index (χ1n) is 13.1. The zero-order chi connectivity index (χ0) is 24.9. The van der Waals surface area contributed by atoms with E-state index in [9.17, 15) is 14.4 Å². The van der Waals surface area contributed by atoms with Gasteiger partial charge in [0.15, 0.2) is 0 Å². The van der Waals surface area contributed by atoms with Gasteiger partial charge in [-0.05, 0) is 30.5 Å². The zero-order valence-corrected chi connectivity index (χ0v) is 20.7. The van der Waals surface area contributed by atoms with Crippen LogP contribution >= 0.6 is 0 Å². The van der Waals surface area contributed by atoms with Crippen molar-refractivity contribution in [2.75, 3.05) is 13.1 Å². The molecule has 7 heteroatoms. The molecule has 0 unspecified atom stereocenters. The second-order valence-corrected chi connectivity index (χ2v) is 9.92. The third kappa shape index (κ3) is 5.21. The highest BCUT2D eigenvalue weighted by molar-refractivity contribution is 6.00. The van der Waals surface area contributed by atoms with Crippen LogP contribution in [0.25, 0.3) is 16.7 Å². The molecule has 1 aliphatic heterocycles. The van der Waals surface area contributed by atoms with Crippen molar-refractivity contribution in [2.45, 2.75) is 64.0 Å². The quantitative estimate of drug-likeness (QED) is 0.515. The fraction of sp³-hybridized carbons (Fsp3) is 0.414. The van der Waals surface area contributed by atoms with Crippen LogP contribution in [-0.4, -0.2) is 39.5 Å². The Morgan fingerprint density at radius 1 is 0.944 bits per heavy atom. The number of nitrogens with zero attached hydrogens (tertiary/aromatic N) is 2. The number of carbonyl (C=O) groups is 1. The Kier molecular flexibility index (Phi) is 7.47. The largest absolute Gasteiger partial charge is 0.348 e. The van der Waals surface area contributed by atoms with Gasteiger partial charge in [-0.25, -0.2) is 0 Å². The predicted molar refractivity (Wildman–Crippen MR) is 147 cm³/mol. The van der Waals surface area contributed by atoms with Gasteiger partial charge in [0.05, 0.1) is 16.6 Å². The summed E-state index contributed by atoms with van der Waals surface area (Å²) >= 11 is 0. The van der Waals surface area contributed by atoms with Gasteiger partial charge < -0.3 is 10.3 Å². The number of nitrogens with one attached hydrogen (secondary N) is 2. The minimum absolute atomic E-state index is 0. The molecule has 0 spiro atoms. The molecule has 1 amide bonds. The van der Waals surface area contributed by atoms with Gasteiger partial charge in [0.2, 0.25) is 0 Å². The van der Waals surface area contributed by atoms with Gasteiger partial charge >= 0.3 is 11.1 Å². The van der Waals surface area contributed by atoms with E-state index in [2.05, 4.69) is 15.2 Å². The lowest BCUT2D eigenvalue weighted by molar-refractivity contribution is -0.118. The highest BCUT2D eigenvalue weighted by Gasteiger charge is 2.30. The van der Waals surface area contributed by atoms with Crippen molar-refractivity contribution in [3.05, 3.63) is 86.4 Å². The molecule has 2 aromatic carbocycles. The van der Waals surface area contributed by atoms with Crippen LogP contribution in [0.1, 0.15) is 59.8 Å². The highest BCUT2D eigenvalue weighted by Crippen LogP contribution is 2.29. The van der Waals surface area contributed by atoms with E-state index >= 15 is 0 Å². The standard InChI is InChI=1S/C29H34N4O3.2H2/c34-27(30-19-21-11-5-4-6-12-21)23-20-32(22-13-7-2-1-3-8-14-22)18-17-25(23)33-26-16-10-9-15-24(26)31-28(35)29(33)36;;/h4-6,9-12,15-16,22H,1-3,7-8,13-14,17-20H2,(H,30,34)(H,31,35);2*1H. The Bertz CT molecular complexity index is 1380. The number of aromatic amines is 1. The fourth-order valence-electron chi connectivity index (χ4n) is 5.65. The molecule has 0 bridgehead atoms. The van der Waals surface area contributed by atoms with E-state index in [-0.39, 0.29) is 8.76 Å². The molecule has 1 saturated carbocycles. The van der Waals surface area contributed by atoms with Crippen LogP contribution in [0.5, 0.6) is 0 Å². The van der Waals surface area contributed by atoms with Crippen molar-refractivity contribution in [1.82, 2.24) is 19.8 Å². The summed E-state index contributed by atoms with van der Waals surface area (Å²) in [6.07, 6.45) is 9.09. The Morgan fingerprint density at radius 3 is 2.42 bits per heavy atom. The van der Waals surface area contributed by atoms with Crippen LogP contribution in [0.3, 0.4) is 0 Å². The molecule has 3 aromatic rings. The minimum atomic E-state index is -0.673. The average Bonchev–Trinajstić information content (AvgIpc) is 2.88. The van der Waals surface area contributed by atoms with Crippen molar-refractivity contribution >= 4 is 22.6 Å². The Balaban J connectivity index is 0.00000200. The van der Waals surface area contributed by atoms with Crippen LogP contribution in [-0.2, 0) is 11.3 Å². The summed E-state index contributed by atoms with van der Waals surface area (Å²) in [6.45, 7) is 1.65. The Hall–Kier alpha value is -3.45. The Labute approximate surface area is 213 Å². The lowest BCUT2D eigenvalue weighted by Crippen LogP contribution is -2.46. The summed E-state index contributed by atoms with van der Waals surface area (Å²) < 4.78 is 1.47. The maximum Gasteiger partial charge on any atom is 0.321 e. The zero-order valence-electron chi connectivity index (χ0n) is 20.7. The average molecular weight is 491 g/mol. The van der Waals surface area contributed by atoms with Crippen LogP contribution in [0, 0.1) is 0 Å². The molecule has 36 heavy (non-hydrogen) atoms. The van der Waals surface area contributed by atoms with Crippen molar-refractivity contribution in [3.63, 3.8) is 0 Å². The SMILES string of the molecule is O=C(NCc1ccccc1)C1=C(n2c(=O)c(=O)[nH]c3ccccc32)CCN(C2CCCCCCC2)C1.[HH].[HH]. The van der Waals surface area contributed by atoms with Crippen molar-refractivity contribution in [2.24, 2.45) is 0 Å². The van der Waals surface area contributed by atoms with E-state index in [4.69, 9.17) is 0 Å². The minimum Gasteiger partial charge on any atom is -0.348 e. The first-order chi connectivity index (χ1) is 17.6. The molecule has 7 nitrogen and oxygen atoms in total. The fourth-order valence-corrected chi connectivity index (χ4v) is 5.65. The number of benzene rings is 2. The van der Waals surface area contributed by atoms with Crippen LogP contribution < -0.4 is 16.4 Å². The number of para-hydroxylation sites is 2. The molecule has 192 valence electrons. The van der Waals surface area contributed by atoms with Crippen LogP contribution in [0.2, 0.25) is 0 Å². The number of aromatic nitrogens is 2. The summed E-state index contributed by atoms with van der Waals surface area (Å²) in [5.41, 5.74) is 2.11. The van der Waals surface area contributed by atoms with Gasteiger partial charge in [-0.3, -0.25) is 23.9 Å². The maximum atomic E-state index is 13.6. The second kappa shape index (κ2) is 11.1.